The number of aromatic nitrogens is 5. The molecule has 3 fully saturated rings. The van der Waals surface area contributed by atoms with E-state index in [1.165, 1.54) is 24.1 Å². The Kier molecular flexibility index (Phi) is 9.99. The first kappa shape index (κ1) is 37.3. The highest BCUT2D eigenvalue weighted by atomic mass is 19.1. The minimum Gasteiger partial charge on any atom is -0.494 e. The maximum Gasteiger partial charge on any atom is 0.420 e. The minimum absolute atomic E-state index is 0.0688. The van der Waals surface area contributed by atoms with Crippen molar-refractivity contribution in [1.29, 1.82) is 0 Å². The number of nitrogens with one attached hydrogen (secondary N) is 3. The van der Waals surface area contributed by atoms with Gasteiger partial charge in [-0.15, -0.1) is 0 Å². The van der Waals surface area contributed by atoms with E-state index >= 15 is 0 Å². The summed E-state index contributed by atoms with van der Waals surface area (Å²) >= 11 is 0. The molecule has 5 N–H and O–H groups in total. The molecule has 0 radical (unpaired) electrons. The first-order valence-electron chi connectivity index (χ1n) is 19.5. The molecule has 1 aliphatic carbocycles. The molecular weight excluding hydrogens is 748 g/mol. The lowest BCUT2D eigenvalue weighted by Crippen LogP contribution is -2.59. The fraction of sp³-hybridized carbons (Fsp3) is 0.366. The third kappa shape index (κ3) is 7.11. The standard InChI is InChI=1S/C41H43FN10O6/c1-56-31-3-2-4-32(36(31)42)57-28-12-5-23(6-13-28)37-35-38(43)46-22-47-39(35)52(49-37)26-9-7-24(8-10-26)44-17-18-45-25-20-50(21-25)27-11-14-29-33(19-27)58-41(55)51(29)30-15-16-34(53)48-40(30)54/h2-6,11-14,19,22,24-26,30,44-45H,7-10,15-18,20-21H2,1H3,(H2,43,46,47)(H,48,53,54). The van der Waals surface area contributed by atoms with Gasteiger partial charge in [0.25, 0.3) is 0 Å². The molecule has 1 unspecified atom stereocenters. The van der Waals surface area contributed by atoms with Crippen molar-refractivity contribution in [3.8, 4) is 28.5 Å². The molecule has 0 spiro atoms. The molecule has 6 aromatic rings. The zero-order chi connectivity index (χ0) is 39.9. The van der Waals surface area contributed by atoms with Crippen molar-refractivity contribution >= 4 is 45.5 Å². The van der Waals surface area contributed by atoms with Crippen LogP contribution in [-0.2, 0) is 9.59 Å². The number of methoxy groups -OCH3 is 1. The normalized spacial score (nSPS) is 20.0. The van der Waals surface area contributed by atoms with Gasteiger partial charge in [0.1, 0.15) is 29.6 Å². The molecule has 5 heterocycles. The third-order valence-corrected chi connectivity index (χ3v) is 11.4. The van der Waals surface area contributed by atoms with Gasteiger partial charge in [0, 0.05) is 62.0 Å². The Morgan fingerprint density at radius 2 is 1.69 bits per heavy atom. The van der Waals surface area contributed by atoms with Gasteiger partial charge in [-0.2, -0.15) is 9.49 Å². The molecule has 17 heteroatoms. The number of halogens is 1. The first-order chi connectivity index (χ1) is 28.2. The number of amides is 2. The van der Waals surface area contributed by atoms with Gasteiger partial charge in [-0.3, -0.25) is 19.5 Å². The van der Waals surface area contributed by atoms with E-state index in [2.05, 4.69) is 30.8 Å². The highest BCUT2D eigenvalue weighted by Crippen LogP contribution is 2.37. The van der Waals surface area contributed by atoms with Crippen LogP contribution in [0.25, 0.3) is 33.4 Å². The molecule has 1 atom stereocenters. The average molecular weight is 791 g/mol. The lowest BCUT2D eigenvalue weighted by atomic mass is 9.91. The summed E-state index contributed by atoms with van der Waals surface area (Å²) in [6, 6.07) is 17.7. The predicted molar refractivity (Wildman–Crippen MR) is 213 cm³/mol. The summed E-state index contributed by atoms with van der Waals surface area (Å²) in [6.07, 6.45) is 5.78. The van der Waals surface area contributed by atoms with Gasteiger partial charge < -0.3 is 35.2 Å². The predicted octanol–water partition coefficient (Wildman–Crippen LogP) is 4.45. The molecular formula is C41H43FN10O6. The van der Waals surface area contributed by atoms with Crippen molar-refractivity contribution < 1.29 is 27.9 Å². The average Bonchev–Trinajstić information content (AvgIpc) is 3.76. The molecule has 2 saturated heterocycles. The maximum atomic E-state index is 14.7. The molecule has 1 saturated carbocycles. The Morgan fingerprint density at radius 1 is 0.931 bits per heavy atom. The number of nitrogen functional groups attached to an aromatic ring is 1. The Labute approximate surface area is 331 Å². The molecule has 16 nitrogen and oxygen atoms in total. The van der Waals surface area contributed by atoms with Gasteiger partial charge in [0.15, 0.2) is 22.7 Å². The van der Waals surface area contributed by atoms with Crippen LogP contribution >= 0.6 is 0 Å². The second-order valence-electron chi connectivity index (χ2n) is 15.0. The van der Waals surface area contributed by atoms with Crippen molar-refractivity contribution in [2.45, 2.75) is 62.7 Å². The topological polar surface area (TPSA) is 197 Å². The van der Waals surface area contributed by atoms with E-state index in [0.29, 0.717) is 51.5 Å². The molecule has 2 aliphatic heterocycles. The van der Waals surface area contributed by atoms with Crippen LogP contribution in [0.2, 0.25) is 0 Å². The molecule has 3 aromatic heterocycles. The third-order valence-electron chi connectivity index (χ3n) is 11.4. The molecule has 2 amide bonds. The second-order valence-corrected chi connectivity index (χ2v) is 15.0. The highest BCUT2D eigenvalue weighted by Gasteiger charge is 2.33. The van der Waals surface area contributed by atoms with Crippen molar-refractivity contribution in [3.05, 3.63) is 83.4 Å². The number of hydrogen-bond acceptors (Lipinski definition) is 13. The van der Waals surface area contributed by atoms with Gasteiger partial charge in [0.2, 0.25) is 17.6 Å². The van der Waals surface area contributed by atoms with Crippen LogP contribution in [0.5, 0.6) is 17.2 Å². The Bertz CT molecular complexity index is 2560. The van der Waals surface area contributed by atoms with Gasteiger partial charge >= 0.3 is 5.76 Å². The zero-order valence-electron chi connectivity index (χ0n) is 31.8. The van der Waals surface area contributed by atoms with Crippen LogP contribution in [0, 0.1) is 5.82 Å². The van der Waals surface area contributed by atoms with Crippen LogP contribution in [0.1, 0.15) is 50.6 Å². The number of fused-ring (bicyclic) bond motifs is 2. The van der Waals surface area contributed by atoms with E-state index in [4.69, 9.17) is 24.7 Å². The second kappa shape index (κ2) is 15.5. The van der Waals surface area contributed by atoms with Crippen molar-refractivity contribution in [2.75, 3.05) is 43.9 Å². The van der Waals surface area contributed by atoms with Crippen molar-refractivity contribution in [2.24, 2.45) is 0 Å². The summed E-state index contributed by atoms with van der Waals surface area (Å²) < 4.78 is 34.4. The number of ether oxygens (including phenoxy) is 2. The summed E-state index contributed by atoms with van der Waals surface area (Å²) in [5.74, 6) is -0.988. The van der Waals surface area contributed by atoms with Crippen LogP contribution < -0.4 is 41.8 Å². The van der Waals surface area contributed by atoms with Gasteiger partial charge in [-0.05, 0) is 80.6 Å². The van der Waals surface area contributed by atoms with Crippen molar-refractivity contribution in [1.82, 2.24) is 40.3 Å². The minimum atomic E-state index is -0.766. The number of anilines is 2. The van der Waals surface area contributed by atoms with E-state index in [9.17, 15) is 18.8 Å². The monoisotopic (exact) mass is 790 g/mol. The lowest BCUT2D eigenvalue weighted by molar-refractivity contribution is -0.135. The van der Waals surface area contributed by atoms with E-state index in [-0.39, 0.29) is 36.3 Å². The summed E-state index contributed by atoms with van der Waals surface area (Å²) in [5.41, 5.74) is 10.5. The number of nitrogens with zero attached hydrogens (tertiary/aromatic N) is 6. The number of oxazole rings is 1. The summed E-state index contributed by atoms with van der Waals surface area (Å²) in [4.78, 5) is 47.8. The van der Waals surface area contributed by atoms with Gasteiger partial charge in [-0.25, -0.2) is 19.4 Å². The van der Waals surface area contributed by atoms with E-state index in [1.807, 2.05) is 28.9 Å². The smallest absolute Gasteiger partial charge is 0.420 e. The molecule has 9 rings (SSSR count). The number of nitrogens with two attached hydrogens (primary N) is 1. The number of carbonyl (C=O) groups excluding carboxylic acids is 2. The quantitative estimate of drug-likeness (QED) is 0.100. The fourth-order valence-electron chi connectivity index (χ4n) is 8.33. The highest BCUT2D eigenvalue weighted by molar-refractivity contribution is 6.00. The SMILES string of the molecule is COc1cccc(Oc2ccc(-c3nn(C4CCC(NCCNC5CN(c6ccc7c(c6)oc(=O)n7C6CCC(=O)NC6=O)C5)CC4)c4ncnc(N)c34)cc2)c1F. The largest absolute Gasteiger partial charge is 0.494 e. The maximum absolute atomic E-state index is 14.7. The summed E-state index contributed by atoms with van der Waals surface area (Å²) in [6.45, 7) is 3.33. The number of carbonyl (C=O) groups is 2. The number of hydrogen-bond donors (Lipinski definition) is 4. The van der Waals surface area contributed by atoms with E-state index < -0.39 is 23.5 Å². The molecule has 58 heavy (non-hydrogen) atoms. The van der Waals surface area contributed by atoms with Gasteiger partial charge in [-0.1, -0.05) is 6.07 Å². The number of imide groups is 1. The van der Waals surface area contributed by atoms with E-state index in [0.717, 1.165) is 63.1 Å². The zero-order valence-corrected chi connectivity index (χ0v) is 31.8. The van der Waals surface area contributed by atoms with Gasteiger partial charge in [0.05, 0.1) is 24.1 Å². The number of piperidine rings is 1. The lowest BCUT2D eigenvalue weighted by Gasteiger charge is -2.41. The molecule has 0 bridgehead atoms. The number of benzene rings is 3. The number of rotatable bonds is 12. The first-order valence-corrected chi connectivity index (χ1v) is 19.5. The molecule has 3 aliphatic rings. The van der Waals surface area contributed by atoms with Crippen molar-refractivity contribution in [3.63, 3.8) is 0 Å². The summed E-state index contributed by atoms with van der Waals surface area (Å²) in [7, 11) is 1.41. The van der Waals surface area contributed by atoms with Crippen LogP contribution in [0.15, 0.2) is 76.2 Å². The Balaban J connectivity index is 0.758. The van der Waals surface area contributed by atoms with Crippen LogP contribution in [-0.4, -0.2) is 81.5 Å². The Morgan fingerprint density at radius 3 is 2.45 bits per heavy atom. The Hall–Kier alpha value is -6.33. The molecule has 300 valence electrons. The van der Waals surface area contributed by atoms with E-state index in [1.54, 1.807) is 30.3 Å². The van der Waals surface area contributed by atoms with Crippen LogP contribution in [0.3, 0.4) is 0 Å². The summed E-state index contributed by atoms with van der Waals surface area (Å²) in [5, 5.41) is 15.4. The fourth-order valence-corrected chi connectivity index (χ4v) is 8.33. The van der Waals surface area contributed by atoms with Crippen LogP contribution in [0.4, 0.5) is 15.9 Å². The molecule has 3 aromatic carbocycles.